The first-order valence-electron chi connectivity index (χ1n) is 45.0. The van der Waals surface area contributed by atoms with Gasteiger partial charge in [-0.15, -0.1) is 0 Å². The number of hydrogen-bond acceptors (Lipinski definition) is 0. The summed E-state index contributed by atoms with van der Waals surface area (Å²) in [7, 11) is 11.8. The molecule has 6 aromatic heterocycles. The maximum atomic E-state index is 8.40. The Bertz CT molecular complexity index is 5560. The third-order valence-electron chi connectivity index (χ3n) is 19.3. The zero-order chi connectivity index (χ0) is 91.3. The minimum atomic E-state index is -2.66. The summed E-state index contributed by atoms with van der Waals surface area (Å²) in [6, 6.07) is 67.9. The number of aromatic nitrogens is 6. The van der Waals surface area contributed by atoms with E-state index in [2.05, 4.69) is 231 Å². The van der Waals surface area contributed by atoms with Crippen LogP contribution in [0, 0.1) is 79.9 Å². The van der Waals surface area contributed by atoms with Gasteiger partial charge in [-0.2, -0.15) is 0 Å². The normalized spacial score (nSPS) is 14.1. The zero-order valence-corrected chi connectivity index (χ0v) is 69.3. The number of aryl methyl sites for hydroxylation is 15. The Morgan fingerprint density at radius 2 is 0.593 bits per heavy atom. The van der Waals surface area contributed by atoms with Gasteiger partial charge in [0.05, 0.1) is 0 Å². The van der Waals surface area contributed by atoms with Gasteiger partial charge in [-0.3, -0.25) is 0 Å². The van der Waals surface area contributed by atoms with Crippen LogP contribution in [-0.4, -0.2) is 0 Å². The molecule has 6 heterocycles. The maximum absolute atomic E-state index is 8.40. The Morgan fingerprint density at radius 3 is 0.935 bits per heavy atom. The third kappa shape index (κ3) is 23.9. The van der Waals surface area contributed by atoms with Gasteiger partial charge < -0.3 is 0 Å². The second kappa shape index (κ2) is 40.4. The summed E-state index contributed by atoms with van der Waals surface area (Å²) in [5.74, 6) is -2.23. The van der Waals surface area contributed by atoms with Crippen molar-refractivity contribution in [1.29, 1.82) is 0 Å². The standard InChI is InChI=1S/6C17H22N/c2*1-12(2)16-10-17(18(5)11-14(16)4)15-9-7-6-8-13(15)3;1-12(2)16-11-18(5)17(10-14(16)4)15-9-7-6-8-13(15)3;1-13(2)11-15-9-10-18(4)17(12-15)16-8-6-5-7-14(16)3;2*1-13(2)11-15-9-10-17(18(4)12-15)16-8-6-5-7-14(16)3/h3*6-12H,1-5H3;3*5-10,12-13H,11H2,1-4H3/q6*+1/i1D3,4D3,12D;4D3,12D;12D;;11D2;. The molecule has 6 heteroatoms. The molecule has 12 rings (SSSR count). The van der Waals surface area contributed by atoms with Crippen LogP contribution in [0.3, 0.4) is 0 Å². The third-order valence-corrected chi connectivity index (χ3v) is 19.3. The molecule has 12 aromatic rings. The molecule has 1 unspecified atom stereocenters. The topological polar surface area (TPSA) is 23.3 Å². The summed E-state index contributed by atoms with van der Waals surface area (Å²) in [5.41, 5.74) is 27.2. The Balaban J connectivity index is 0.000000202. The van der Waals surface area contributed by atoms with Crippen LogP contribution in [0.2, 0.25) is 0 Å². The van der Waals surface area contributed by atoms with Crippen molar-refractivity contribution in [3.8, 4) is 67.5 Å². The first kappa shape index (κ1) is 66.4. The van der Waals surface area contributed by atoms with Crippen LogP contribution in [-0.2, 0) is 61.5 Å². The maximum Gasteiger partial charge on any atom is 0.212 e. The molecule has 0 radical (unpaired) electrons. The lowest BCUT2D eigenvalue weighted by Crippen LogP contribution is -2.32. The highest BCUT2D eigenvalue weighted by molar-refractivity contribution is 5.66. The van der Waals surface area contributed by atoms with Crippen LogP contribution in [0.5, 0.6) is 0 Å². The highest BCUT2D eigenvalue weighted by atomic mass is 14.9. The van der Waals surface area contributed by atoms with Crippen molar-refractivity contribution in [1.82, 2.24) is 0 Å². The van der Waals surface area contributed by atoms with Crippen molar-refractivity contribution in [3.63, 3.8) is 0 Å². The zero-order valence-electron chi connectivity index (χ0n) is 83.3. The van der Waals surface area contributed by atoms with Gasteiger partial charge in [-0.1, -0.05) is 192 Å². The van der Waals surface area contributed by atoms with E-state index in [0.29, 0.717) is 23.1 Å². The van der Waals surface area contributed by atoms with Gasteiger partial charge in [0.1, 0.15) is 42.3 Å². The number of rotatable bonds is 15. The Morgan fingerprint density at radius 1 is 0.278 bits per heavy atom. The fourth-order valence-electron chi connectivity index (χ4n) is 13.6. The Hall–Kier alpha value is -9.78. The molecule has 6 aromatic carbocycles. The second-order valence-corrected chi connectivity index (χ2v) is 30.5. The molecule has 0 saturated heterocycles. The van der Waals surface area contributed by atoms with Gasteiger partial charge >= 0.3 is 0 Å². The SMILES string of the molecule is Cc1ccccc1-c1cc(CC(C)C)cc[n+]1C.Cc1ccccc1-c1ccc(CC(C)C)c[n+]1C.[2H]C(C)(C)c1c[n+](C)c(-c2ccccc2C)cc1C.[2H]C([2H])([2H])c1c[n+](C)c(-c2ccccc2C)cc1C([2H])(C)C.[2H]C([2H])([2H])c1c[n+](C)c(-c2ccccc2C)cc1C([2H])(C)C([2H])([2H])[2H].[2H]C([2H])(c1ccc(-c2ccccc2C)[n+](C)c1)C(C)C. The molecule has 0 saturated carbocycles. The number of nitrogens with zero attached hydrogens (tertiary/aromatic N) is 6. The molecule has 0 fully saturated rings. The summed E-state index contributed by atoms with van der Waals surface area (Å²) in [6.07, 6.45) is 12.4. The fourth-order valence-corrected chi connectivity index (χ4v) is 13.6. The molecule has 0 amide bonds. The molecular weight excluding hydrogens is 1310 g/mol. The number of hydrogen-bond donors (Lipinski definition) is 0. The Labute approximate surface area is 673 Å². The molecule has 0 aliphatic rings. The van der Waals surface area contributed by atoms with Gasteiger partial charge in [0, 0.05) is 123 Å². The van der Waals surface area contributed by atoms with E-state index in [1.54, 1.807) is 31.7 Å². The van der Waals surface area contributed by atoms with Crippen molar-refractivity contribution < 1.29 is 46.6 Å². The van der Waals surface area contributed by atoms with E-state index in [4.69, 9.17) is 19.2 Å². The van der Waals surface area contributed by atoms with E-state index in [9.17, 15) is 0 Å². The molecule has 108 heavy (non-hydrogen) atoms. The Kier molecular flexibility index (Phi) is 24.9. The van der Waals surface area contributed by atoms with Crippen LogP contribution in [0.15, 0.2) is 237 Å². The monoisotopic (exact) mass is 1460 g/mol. The summed E-state index contributed by atoms with van der Waals surface area (Å²) in [5, 5.41) is 0. The fraction of sp³-hybridized carbons (Fsp3) is 0.353. The van der Waals surface area contributed by atoms with Crippen LogP contribution >= 0.6 is 0 Å². The molecule has 0 N–H and O–H groups in total. The van der Waals surface area contributed by atoms with Gasteiger partial charge in [0.25, 0.3) is 0 Å². The van der Waals surface area contributed by atoms with E-state index >= 15 is 0 Å². The summed E-state index contributed by atoms with van der Waals surface area (Å²) < 4.78 is 123. The average molecular weight is 1460 g/mol. The van der Waals surface area contributed by atoms with Crippen LogP contribution < -0.4 is 27.4 Å². The molecule has 6 nitrogen and oxygen atoms in total. The summed E-state index contributed by atoms with van der Waals surface area (Å²) >= 11 is 0. The van der Waals surface area contributed by atoms with Crippen molar-refractivity contribution in [2.45, 2.75) is 182 Å². The summed E-state index contributed by atoms with van der Waals surface area (Å²) in [6.45, 7) is 28.6. The second-order valence-electron chi connectivity index (χ2n) is 30.5. The van der Waals surface area contributed by atoms with Crippen LogP contribution in [0.1, 0.15) is 203 Å². The van der Waals surface area contributed by atoms with Crippen molar-refractivity contribution in [3.05, 3.63) is 321 Å². The average Bonchev–Trinajstić information content (AvgIpc) is 0.798. The van der Waals surface area contributed by atoms with Gasteiger partial charge in [0.2, 0.25) is 34.2 Å². The molecule has 1 atom stereocenters. The van der Waals surface area contributed by atoms with E-state index in [0.717, 1.165) is 57.6 Å². The largest absolute Gasteiger partial charge is 0.212 e. The smallest absolute Gasteiger partial charge is 0.201 e. The molecular formula is C102H132N6+6. The highest BCUT2D eigenvalue weighted by Crippen LogP contribution is 2.30. The number of benzene rings is 6. The van der Waals surface area contributed by atoms with Crippen LogP contribution in [0.4, 0.5) is 0 Å². The molecule has 0 spiro atoms. The molecule has 564 valence electrons. The predicted octanol–water partition coefficient (Wildman–Crippen LogP) is 22.8. The van der Waals surface area contributed by atoms with E-state index < -0.39 is 44.6 Å². The minimum absolute atomic E-state index is 0.00357. The van der Waals surface area contributed by atoms with Crippen molar-refractivity contribution >= 4 is 0 Å². The molecule has 0 aliphatic heterocycles. The van der Waals surface area contributed by atoms with E-state index in [-0.39, 0.29) is 22.6 Å². The van der Waals surface area contributed by atoms with Gasteiger partial charge in [0.15, 0.2) is 37.2 Å². The quantitative estimate of drug-likeness (QED) is 0.0914. The molecule has 0 bridgehead atoms. The van der Waals surface area contributed by atoms with E-state index in [1.165, 1.54) is 97.5 Å². The van der Waals surface area contributed by atoms with Gasteiger partial charge in [-0.25, -0.2) is 27.4 Å². The van der Waals surface area contributed by atoms with Crippen molar-refractivity contribution in [2.75, 3.05) is 0 Å². The first-order valence-corrected chi connectivity index (χ1v) is 38.0. The summed E-state index contributed by atoms with van der Waals surface area (Å²) in [4.78, 5) is 0. The van der Waals surface area contributed by atoms with Crippen molar-refractivity contribution in [2.24, 2.45) is 60.0 Å². The number of pyridine rings is 6. The molecule has 0 aliphatic carbocycles. The lowest BCUT2D eigenvalue weighted by Gasteiger charge is -2.11. The van der Waals surface area contributed by atoms with Crippen LogP contribution in [0.25, 0.3) is 67.5 Å². The predicted molar refractivity (Wildman–Crippen MR) is 459 cm³/mol. The van der Waals surface area contributed by atoms with Gasteiger partial charge in [-0.05, 0) is 221 Å². The van der Waals surface area contributed by atoms with E-state index in [1.807, 2.05) is 150 Å². The first-order chi connectivity index (χ1) is 56.6. The highest BCUT2D eigenvalue weighted by Gasteiger charge is 2.22. The lowest BCUT2D eigenvalue weighted by atomic mass is 9.96. The minimum Gasteiger partial charge on any atom is -0.201 e. The lowest BCUT2D eigenvalue weighted by molar-refractivity contribution is -0.661.